The van der Waals surface area contributed by atoms with Crippen LogP contribution in [0.4, 0.5) is 0 Å². The van der Waals surface area contributed by atoms with Gasteiger partial charge in [-0.05, 0) is 72.9 Å². The first-order chi connectivity index (χ1) is 18.8. The molecule has 0 aliphatic rings. The lowest BCUT2D eigenvalue weighted by Gasteiger charge is -2.35. The van der Waals surface area contributed by atoms with Gasteiger partial charge < -0.3 is 14.4 Å². The van der Waals surface area contributed by atoms with Crippen molar-refractivity contribution in [2.24, 2.45) is 11.8 Å². The molecule has 1 unspecified atom stereocenters. The number of unbranched alkanes of at least 4 members (excludes halogenated alkanes) is 8. The number of rotatable bonds is 26. The van der Waals surface area contributed by atoms with Crippen LogP contribution in [0.5, 0.6) is 0 Å². The topological polar surface area (TPSA) is 59.1 Å². The van der Waals surface area contributed by atoms with Gasteiger partial charge in [-0.15, -0.1) is 0 Å². The van der Waals surface area contributed by atoms with Gasteiger partial charge in [-0.1, -0.05) is 85.0 Å². The molecule has 0 heterocycles. The maximum Gasteiger partial charge on any atom is 0.307 e. The maximum absolute atomic E-state index is 12.2. The van der Waals surface area contributed by atoms with E-state index in [4.69, 9.17) is 9.47 Å². The quantitative estimate of drug-likeness (QED) is 0.0773. The van der Waals surface area contributed by atoms with Crippen LogP contribution in [0, 0.1) is 11.8 Å². The van der Waals surface area contributed by atoms with Crippen LogP contribution in [0.3, 0.4) is 0 Å². The van der Waals surface area contributed by atoms with Crippen molar-refractivity contribution in [3.8, 4) is 0 Å². The highest BCUT2D eigenvalue weighted by Gasteiger charge is 2.22. The second-order valence-corrected chi connectivity index (χ2v) is 13.6. The molecule has 0 N–H and O–H groups in total. The monoisotopic (exact) mass is 569 g/mol. The molecule has 0 saturated heterocycles. The molecule has 0 spiro atoms. The number of esters is 2. The Morgan fingerprint density at radius 3 is 1.50 bits per heavy atom. The summed E-state index contributed by atoms with van der Waals surface area (Å²) in [6.07, 6.45) is 16.2. The van der Waals surface area contributed by atoms with Crippen molar-refractivity contribution in [1.82, 2.24) is 9.80 Å². The zero-order valence-corrected chi connectivity index (χ0v) is 28.2. The Kier molecular flexibility index (Phi) is 22.8. The fraction of sp³-hybridized carbons (Fsp3) is 0.941. The summed E-state index contributed by atoms with van der Waals surface area (Å²) < 4.78 is 10.9. The minimum atomic E-state index is -0.140. The Bertz CT molecular complexity index is 633. The SMILES string of the molecule is CC(C)CCCCCCCOC(=O)CCN(CCC(=O)OCCCCCCCC(C)CC(C)(C)N(C)C)C(C)C. The summed E-state index contributed by atoms with van der Waals surface area (Å²) >= 11 is 0. The van der Waals surface area contributed by atoms with Crippen LogP contribution >= 0.6 is 0 Å². The molecule has 40 heavy (non-hydrogen) atoms. The van der Waals surface area contributed by atoms with Crippen molar-refractivity contribution in [3.63, 3.8) is 0 Å². The van der Waals surface area contributed by atoms with E-state index in [0.29, 0.717) is 39.1 Å². The van der Waals surface area contributed by atoms with Gasteiger partial charge >= 0.3 is 11.9 Å². The summed E-state index contributed by atoms with van der Waals surface area (Å²) in [5.41, 5.74) is 0.257. The second kappa shape index (κ2) is 23.4. The van der Waals surface area contributed by atoms with Gasteiger partial charge in [-0.2, -0.15) is 0 Å². The molecule has 1 atom stereocenters. The normalized spacial score (nSPS) is 13.0. The first-order valence-corrected chi connectivity index (χ1v) is 16.6. The smallest absolute Gasteiger partial charge is 0.307 e. The van der Waals surface area contributed by atoms with Crippen LogP contribution in [0.25, 0.3) is 0 Å². The molecule has 0 aliphatic carbocycles. The van der Waals surface area contributed by atoms with Gasteiger partial charge in [0.05, 0.1) is 26.1 Å². The third-order valence-corrected chi connectivity index (χ3v) is 8.29. The lowest BCUT2D eigenvalue weighted by molar-refractivity contribution is -0.144. The Hall–Kier alpha value is -1.14. The van der Waals surface area contributed by atoms with Gasteiger partial charge in [-0.3, -0.25) is 14.5 Å². The van der Waals surface area contributed by atoms with Gasteiger partial charge in [0.2, 0.25) is 0 Å². The molecule has 0 aromatic heterocycles. The van der Waals surface area contributed by atoms with Gasteiger partial charge in [0.1, 0.15) is 0 Å². The number of carbonyl (C=O) groups is 2. The number of nitrogens with zero attached hydrogens (tertiary/aromatic N) is 2. The highest BCUT2D eigenvalue weighted by molar-refractivity contribution is 5.70. The lowest BCUT2D eigenvalue weighted by Crippen LogP contribution is -2.39. The summed E-state index contributed by atoms with van der Waals surface area (Å²) in [5, 5.41) is 0. The summed E-state index contributed by atoms with van der Waals surface area (Å²) in [7, 11) is 4.33. The van der Waals surface area contributed by atoms with Gasteiger partial charge in [-0.25, -0.2) is 0 Å². The Labute approximate surface area is 249 Å². The minimum absolute atomic E-state index is 0.139. The molecular weight excluding hydrogens is 500 g/mol. The Morgan fingerprint density at radius 1 is 0.650 bits per heavy atom. The number of hydrogen-bond donors (Lipinski definition) is 0. The average molecular weight is 569 g/mol. The van der Waals surface area contributed by atoms with E-state index in [0.717, 1.165) is 37.5 Å². The fourth-order valence-electron chi connectivity index (χ4n) is 5.06. The van der Waals surface area contributed by atoms with E-state index in [1.165, 1.54) is 57.8 Å². The van der Waals surface area contributed by atoms with Crippen LogP contribution in [0.1, 0.15) is 145 Å². The zero-order valence-electron chi connectivity index (χ0n) is 28.2. The summed E-state index contributed by atoms with van der Waals surface area (Å²) in [6.45, 7) is 18.0. The van der Waals surface area contributed by atoms with Crippen molar-refractivity contribution in [2.45, 2.75) is 156 Å². The highest BCUT2D eigenvalue weighted by atomic mass is 16.5. The molecule has 0 fully saturated rings. The molecule has 0 aromatic rings. The van der Waals surface area contributed by atoms with Crippen LogP contribution in [0.15, 0.2) is 0 Å². The van der Waals surface area contributed by atoms with E-state index in [2.05, 4.69) is 72.4 Å². The van der Waals surface area contributed by atoms with Crippen LogP contribution < -0.4 is 0 Å². The first-order valence-electron chi connectivity index (χ1n) is 16.6. The van der Waals surface area contributed by atoms with Crippen molar-refractivity contribution in [2.75, 3.05) is 40.4 Å². The number of ether oxygens (including phenoxy) is 2. The summed E-state index contributed by atoms with van der Waals surface area (Å²) in [5.74, 6) is 1.25. The number of hydrogen-bond acceptors (Lipinski definition) is 6. The molecule has 6 heteroatoms. The summed E-state index contributed by atoms with van der Waals surface area (Å²) in [4.78, 5) is 28.9. The maximum atomic E-state index is 12.2. The second-order valence-electron chi connectivity index (χ2n) is 13.6. The molecule has 0 bridgehead atoms. The van der Waals surface area contributed by atoms with Crippen LogP contribution in [-0.2, 0) is 19.1 Å². The fourth-order valence-corrected chi connectivity index (χ4v) is 5.06. The van der Waals surface area contributed by atoms with E-state index >= 15 is 0 Å². The van der Waals surface area contributed by atoms with Crippen molar-refractivity contribution >= 4 is 11.9 Å². The molecule has 0 saturated carbocycles. The van der Waals surface area contributed by atoms with Gasteiger partial charge in [0.25, 0.3) is 0 Å². The predicted octanol–water partition coefficient (Wildman–Crippen LogP) is 8.27. The van der Waals surface area contributed by atoms with E-state index in [9.17, 15) is 9.59 Å². The molecule has 0 aromatic carbocycles. The zero-order chi connectivity index (χ0) is 30.4. The average Bonchev–Trinajstić information content (AvgIpc) is 2.86. The van der Waals surface area contributed by atoms with Crippen molar-refractivity contribution in [1.29, 1.82) is 0 Å². The molecule has 238 valence electrons. The molecular formula is C34H68N2O4. The van der Waals surface area contributed by atoms with Crippen LogP contribution in [0.2, 0.25) is 0 Å². The third kappa shape index (κ3) is 22.5. The van der Waals surface area contributed by atoms with Crippen molar-refractivity contribution < 1.29 is 19.1 Å². The van der Waals surface area contributed by atoms with Gasteiger partial charge in [0, 0.05) is 24.7 Å². The van der Waals surface area contributed by atoms with Crippen LogP contribution in [-0.4, -0.2) is 73.7 Å². The minimum Gasteiger partial charge on any atom is -0.466 e. The molecule has 0 rings (SSSR count). The molecule has 0 radical (unpaired) electrons. The van der Waals surface area contributed by atoms with E-state index < -0.39 is 0 Å². The van der Waals surface area contributed by atoms with E-state index in [1.807, 2.05) is 0 Å². The highest BCUT2D eigenvalue weighted by Crippen LogP contribution is 2.24. The summed E-state index contributed by atoms with van der Waals surface area (Å²) in [6, 6.07) is 0.267. The first kappa shape index (κ1) is 38.9. The molecule has 6 nitrogen and oxygen atoms in total. The molecule has 0 aliphatic heterocycles. The Balaban J connectivity index is 3.84. The Morgan fingerprint density at radius 2 is 1.07 bits per heavy atom. The standard InChI is InChI=1S/C34H68N2O4/c1-29(2)20-16-12-10-14-18-26-39-32(37)22-24-36(30(3)4)25-23-33(38)40-27-19-15-11-13-17-21-31(5)28-34(6,7)35(8)9/h29-31H,10-28H2,1-9H3. The van der Waals surface area contributed by atoms with Crippen molar-refractivity contribution in [3.05, 3.63) is 0 Å². The van der Waals surface area contributed by atoms with E-state index in [-0.39, 0.29) is 23.5 Å². The third-order valence-electron chi connectivity index (χ3n) is 8.29. The van der Waals surface area contributed by atoms with E-state index in [1.54, 1.807) is 0 Å². The predicted molar refractivity (Wildman–Crippen MR) is 170 cm³/mol. The lowest BCUT2D eigenvalue weighted by atomic mass is 9.87. The van der Waals surface area contributed by atoms with Gasteiger partial charge in [0.15, 0.2) is 0 Å². The number of carbonyl (C=O) groups excluding carboxylic acids is 2. The molecule has 0 amide bonds. The largest absolute Gasteiger partial charge is 0.466 e.